The number of carbonyl (C=O) groups excluding carboxylic acids is 2. The lowest BCUT2D eigenvalue weighted by molar-refractivity contribution is -0.114. The van der Waals surface area contributed by atoms with E-state index in [1.54, 1.807) is 40.9 Å². The molecule has 0 unspecified atom stereocenters. The second-order valence-electron chi connectivity index (χ2n) is 5.29. The monoisotopic (exact) mass is 342 g/mol. The lowest BCUT2D eigenvalue weighted by Gasteiger charge is -2.06. The molecule has 2 heterocycles. The van der Waals surface area contributed by atoms with Crippen molar-refractivity contribution in [3.63, 3.8) is 0 Å². The number of imidazole rings is 1. The van der Waals surface area contributed by atoms with Gasteiger partial charge in [0.15, 0.2) is 0 Å². The van der Waals surface area contributed by atoms with E-state index in [0.717, 1.165) is 11.3 Å². The van der Waals surface area contributed by atoms with Gasteiger partial charge in [0.05, 0.1) is 17.3 Å². The Morgan fingerprint density at radius 1 is 1.21 bits per heavy atom. The molecule has 24 heavy (non-hydrogen) atoms. The zero-order chi connectivity index (χ0) is 17.1. The summed E-state index contributed by atoms with van der Waals surface area (Å²) in [6.45, 7) is 1.71. The molecular weight excluding hydrogens is 328 g/mol. The SMILES string of the molecule is CC(=O)Nc1cccc(C(=O)NCc2cn3cc(Cl)ccc3n2)c1. The number of aromatic nitrogens is 2. The summed E-state index contributed by atoms with van der Waals surface area (Å²) in [6, 6.07) is 10.3. The highest BCUT2D eigenvalue weighted by Crippen LogP contribution is 2.13. The summed E-state index contributed by atoms with van der Waals surface area (Å²) >= 11 is 5.94. The van der Waals surface area contributed by atoms with Gasteiger partial charge < -0.3 is 15.0 Å². The van der Waals surface area contributed by atoms with E-state index in [0.29, 0.717) is 22.8 Å². The second kappa shape index (κ2) is 6.72. The zero-order valence-electron chi connectivity index (χ0n) is 12.9. The van der Waals surface area contributed by atoms with Gasteiger partial charge in [-0.25, -0.2) is 4.98 Å². The highest BCUT2D eigenvalue weighted by atomic mass is 35.5. The van der Waals surface area contributed by atoms with Gasteiger partial charge in [-0.05, 0) is 30.3 Å². The zero-order valence-corrected chi connectivity index (χ0v) is 13.7. The Morgan fingerprint density at radius 3 is 2.83 bits per heavy atom. The standard InChI is InChI=1S/C17H15ClN4O2/c1-11(23)20-14-4-2-3-12(7-14)17(24)19-8-15-10-22-9-13(18)5-6-16(22)21-15/h2-7,9-10H,8H2,1H3,(H,19,24)(H,20,23). The smallest absolute Gasteiger partial charge is 0.251 e. The Balaban J connectivity index is 1.69. The summed E-state index contributed by atoms with van der Waals surface area (Å²) in [7, 11) is 0. The van der Waals surface area contributed by atoms with Crippen molar-refractivity contribution in [3.8, 4) is 0 Å². The lowest BCUT2D eigenvalue weighted by Crippen LogP contribution is -2.23. The minimum absolute atomic E-state index is 0.184. The Morgan fingerprint density at radius 2 is 2.04 bits per heavy atom. The van der Waals surface area contributed by atoms with E-state index in [9.17, 15) is 9.59 Å². The topological polar surface area (TPSA) is 75.5 Å². The van der Waals surface area contributed by atoms with Crippen LogP contribution in [-0.4, -0.2) is 21.2 Å². The minimum atomic E-state index is -0.239. The summed E-state index contributed by atoms with van der Waals surface area (Å²) in [5.74, 6) is -0.423. The molecule has 0 saturated heterocycles. The Bertz CT molecular complexity index is 920. The van der Waals surface area contributed by atoms with Crippen LogP contribution in [0.3, 0.4) is 0 Å². The maximum atomic E-state index is 12.2. The Kier molecular flexibility index (Phi) is 4.48. The predicted molar refractivity (Wildman–Crippen MR) is 92.1 cm³/mol. The molecule has 0 fully saturated rings. The first kappa shape index (κ1) is 16.0. The lowest BCUT2D eigenvalue weighted by atomic mass is 10.2. The molecule has 0 atom stereocenters. The fourth-order valence-electron chi connectivity index (χ4n) is 2.32. The third kappa shape index (κ3) is 3.72. The van der Waals surface area contributed by atoms with Crippen LogP contribution in [0.15, 0.2) is 48.8 Å². The van der Waals surface area contributed by atoms with Crippen LogP contribution in [0.5, 0.6) is 0 Å². The third-order valence-electron chi connectivity index (χ3n) is 3.34. The Hall–Kier alpha value is -2.86. The molecule has 0 radical (unpaired) electrons. The van der Waals surface area contributed by atoms with Crippen LogP contribution >= 0.6 is 11.6 Å². The molecule has 3 aromatic rings. The molecule has 2 amide bonds. The molecule has 2 aromatic heterocycles. The van der Waals surface area contributed by atoms with E-state index < -0.39 is 0 Å². The number of pyridine rings is 1. The van der Waals surface area contributed by atoms with Crippen molar-refractivity contribution in [1.82, 2.24) is 14.7 Å². The van der Waals surface area contributed by atoms with E-state index in [1.165, 1.54) is 6.92 Å². The van der Waals surface area contributed by atoms with Gasteiger partial charge in [0, 0.05) is 30.6 Å². The number of hydrogen-bond donors (Lipinski definition) is 2. The molecule has 0 spiro atoms. The molecule has 7 heteroatoms. The average molecular weight is 343 g/mol. The molecule has 0 aliphatic heterocycles. The van der Waals surface area contributed by atoms with Crippen molar-refractivity contribution in [2.75, 3.05) is 5.32 Å². The van der Waals surface area contributed by atoms with Gasteiger partial charge in [0.2, 0.25) is 5.91 Å². The third-order valence-corrected chi connectivity index (χ3v) is 3.56. The van der Waals surface area contributed by atoms with Crippen molar-refractivity contribution in [3.05, 3.63) is 65.1 Å². The van der Waals surface area contributed by atoms with Gasteiger partial charge in [-0.3, -0.25) is 9.59 Å². The van der Waals surface area contributed by atoms with Gasteiger partial charge in [-0.15, -0.1) is 0 Å². The van der Waals surface area contributed by atoms with Crippen LogP contribution in [0.1, 0.15) is 23.0 Å². The van der Waals surface area contributed by atoms with Crippen molar-refractivity contribution < 1.29 is 9.59 Å². The number of nitrogens with one attached hydrogen (secondary N) is 2. The second-order valence-corrected chi connectivity index (χ2v) is 5.73. The number of nitrogens with zero attached hydrogens (tertiary/aromatic N) is 2. The number of amides is 2. The van der Waals surface area contributed by atoms with Crippen molar-refractivity contribution in [2.45, 2.75) is 13.5 Å². The van der Waals surface area contributed by atoms with Crippen molar-refractivity contribution in [1.29, 1.82) is 0 Å². The predicted octanol–water partition coefficient (Wildman–Crippen LogP) is 2.88. The fourth-order valence-corrected chi connectivity index (χ4v) is 2.48. The van der Waals surface area contributed by atoms with Gasteiger partial charge in [0.1, 0.15) is 5.65 Å². The van der Waals surface area contributed by atoms with E-state index in [2.05, 4.69) is 15.6 Å². The molecule has 0 bridgehead atoms. The summed E-state index contributed by atoms with van der Waals surface area (Å²) in [4.78, 5) is 27.7. The first-order valence-corrected chi connectivity index (χ1v) is 7.68. The summed E-state index contributed by atoms with van der Waals surface area (Å²) in [5.41, 5.74) is 2.53. The molecular formula is C17H15ClN4O2. The fraction of sp³-hybridized carbons (Fsp3) is 0.118. The van der Waals surface area contributed by atoms with Crippen LogP contribution < -0.4 is 10.6 Å². The molecule has 6 nitrogen and oxygen atoms in total. The van der Waals surface area contributed by atoms with Crippen LogP contribution in [0.2, 0.25) is 5.02 Å². The van der Waals surface area contributed by atoms with Crippen LogP contribution in [0.25, 0.3) is 5.65 Å². The molecule has 3 rings (SSSR count). The number of carbonyl (C=O) groups is 2. The first-order chi connectivity index (χ1) is 11.5. The van der Waals surface area contributed by atoms with Crippen molar-refractivity contribution >= 4 is 34.7 Å². The maximum Gasteiger partial charge on any atom is 0.251 e. The van der Waals surface area contributed by atoms with Gasteiger partial charge >= 0.3 is 0 Å². The van der Waals surface area contributed by atoms with Gasteiger partial charge in [0.25, 0.3) is 5.91 Å². The molecule has 0 saturated carbocycles. The highest BCUT2D eigenvalue weighted by molar-refractivity contribution is 6.30. The number of halogens is 1. The van der Waals surface area contributed by atoms with E-state index in [1.807, 2.05) is 12.3 Å². The minimum Gasteiger partial charge on any atom is -0.346 e. The normalized spacial score (nSPS) is 10.6. The number of benzene rings is 1. The molecule has 122 valence electrons. The van der Waals surface area contributed by atoms with Crippen LogP contribution in [0.4, 0.5) is 5.69 Å². The number of fused-ring (bicyclic) bond motifs is 1. The van der Waals surface area contributed by atoms with E-state index >= 15 is 0 Å². The van der Waals surface area contributed by atoms with E-state index in [-0.39, 0.29) is 11.8 Å². The first-order valence-electron chi connectivity index (χ1n) is 7.30. The van der Waals surface area contributed by atoms with Gasteiger partial charge in [-0.1, -0.05) is 17.7 Å². The van der Waals surface area contributed by atoms with E-state index in [4.69, 9.17) is 11.6 Å². The highest BCUT2D eigenvalue weighted by Gasteiger charge is 2.08. The maximum absolute atomic E-state index is 12.2. The van der Waals surface area contributed by atoms with Gasteiger partial charge in [-0.2, -0.15) is 0 Å². The summed E-state index contributed by atoms with van der Waals surface area (Å²) < 4.78 is 1.81. The number of anilines is 1. The molecule has 2 N–H and O–H groups in total. The number of hydrogen-bond acceptors (Lipinski definition) is 3. The summed E-state index contributed by atoms with van der Waals surface area (Å²) in [6.07, 6.45) is 3.57. The average Bonchev–Trinajstić information content (AvgIpc) is 2.94. The van der Waals surface area contributed by atoms with Crippen molar-refractivity contribution in [2.24, 2.45) is 0 Å². The van der Waals surface area contributed by atoms with Crippen LogP contribution in [0, 0.1) is 0 Å². The molecule has 0 aliphatic rings. The van der Waals surface area contributed by atoms with Crippen LogP contribution in [-0.2, 0) is 11.3 Å². The summed E-state index contributed by atoms with van der Waals surface area (Å²) in [5, 5.41) is 6.08. The Labute approximate surface area is 143 Å². The molecule has 0 aliphatic carbocycles. The largest absolute Gasteiger partial charge is 0.346 e. The number of rotatable bonds is 4. The quantitative estimate of drug-likeness (QED) is 0.765. The molecule has 1 aromatic carbocycles.